The van der Waals surface area contributed by atoms with Crippen LogP contribution in [-0.2, 0) is 16.1 Å². The molecule has 1 atom stereocenters. The summed E-state index contributed by atoms with van der Waals surface area (Å²) >= 11 is 0. The minimum atomic E-state index is -4.42. The molecule has 6 nitrogen and oxygen atoms in total. The van der Waals surface area contributed by atoms with Gasteiger partial charge in [0, 0.05) is 24.6 Å². The van der Waals surface area contributed by atoms with Crippen LogP contribution >= 0.6 is 0 Å². The Bertz CT molecular complexity index is 798. The summed E-state index contributed by atoms with van der Waals surface area (Å²) in [5.74, 6) is -0.854. The molecule has 0 saturated carbocycles. The number of hydrogen-bond acceptors (Lipinski definition) is 5. The first-order valence-corrected chi connectivity index (χ1v) is 7.24. The van der Waals surface area contributed by atoms with E-state index in [0.717, 1.165) is 10.9 Å². The summed E-state index contributed by atoms with van der Waals surface area (Å²) in [6, 6.07) is 3.25. The number of nitriles is 1. The van der Waals surface area contributed by atoms with Crippen molar-refractivity contribution in [3.8, 4) is 6.07 Å². The number of Topliss-reactive ketones (excluding diaryl/α,β-unsaturated/α-hetero) is 1. The van der Waals surface area contributed by atoms with Crippen LogP contribution in [0.15, 0.2) is 35.1 Å². The Hall–Kier alpha value is -2.76. The van der Waals surface area contributed by atoms with Gasteiger partial charge in [0.15, 0.2) is 5.78 Å². The van der Waals surface area contributed by atoms with Gasteiger partial charge in [-0.05, 0) is 12.5 Å². The number of aromatic nitrogens is 2. The van der Waals surface area contributed by atoms with E-state index in [0.29, 0.717) is 25.0 Å². The van der Waals surface area contributed by atoms with Crippen molar-refractivity contribution in [2.75, 3.05) is 0 Å². The summed E-state index contributed by atoms with van der Waals surface area (Å²) in [6.45, 7) is -1.25. The number of carbonyl (C=O) groups is 1. The first kappa shape index (κ1) is 16.1. The van der Waals surface area contributed by atoms with Crippen molar-refractivity contribution in [2.24, 2.45) is 5.73 Å². The molecule has 2 N–H and O–H groups in total. The van der Waals surface area contributed by atoms with Gasteiger partial charge in [0.05, 0.1) is 11.6 Å². The number of carbonyl (C=O) groups excluding carboxylic acids is 1. The number of hydrogen-bond donors (Lipinski definition) is 1. The van der Waals surface area contributed by atoms with Crippen LogP contribution in [0, 0.1) is 11.3 Å². The molecular formula is C15H13F3N4O2. The Morgan fingerprint density at radius 3 is 2.88 bits per heavy atom. The molecule has 9 heteroatoms. The van der Waals surface area contributed by atoms with E-state index >= 15 is 0 Å². The summed E-state index contributed by atoms with van der Waals surface area (Å²) in [7, 11) is 0. The molecule has 2 heterocycles. The van der Waals surface area contributed by atoms with E-state index < -0.39 is 18.6 Å². The highest BCUT2D eigenvalue weighted by Gasteiger charge is 2.39. The lowest BCUT2D eigenvalue weighted by molar-refractivity contribution is -0.142. The van der Waals surface area contributed by atoms with Crippen molar-refractivity contribution in [2.45, 2.75) is 37.9 Å². The van der Waals surface area contributed by atoms with Gasteiger partial charge in [-0.2, -0.15) is 23.5 Å². The van der Waals surface area contributed by atoms with Crippen LogP contribution in [-0.4, -0.2) is 21.7 Å². The molecule has 3 rings (SSSR count). The third kappa shape index (κ3) is 2.87. The van der Waals surface area contributed by atoms with Crippen molar-refractivity contribution >= 4 is 5.78 Å². The minimum Gasteiger partial charge on any atom is -0.444 e. The predicted octanol–water partition coefficient (Wildman–Crippen LogP) is 2.26. The number of ketones is 1. The van der Waals surface area contributed by atoms with Crippen molar-refractivity contribution < 1.29 is 22.7 Å². The predicted molar refractivity (Wildman–Crippen MR) is 74.8 cm³/mol. The lowest BCUT2D eigenvalue weighted by atomic mass is 9.80. The lowest BCUT2D eigenvalue weighted by Gasteiger charge is -2.29. The first-order chi connectivity index (χ1) is 11.3. The molecule has 0 spiro atoms. The SMILES string of the molecule is N#CC1=C(N)OC2=C(C(=O)CCC2)[C@@H]1c1ccn(CC(F)(F)F)n1. The van der Waals surface area contributed by atoms with E-state index in [4.69, 9.17) is 10.5 Å². The molecule has 2 aliphatic rings. The maximum Gasteiger partial charge on any atom is 0.408 e. The van der Waals surface area contributed by atoms with Gasteiger partial charge < -0.3 is 10.5 Å². The summed E-state index contributed by atoms with van der Waals surface area (Å²) in [5, 5.41) is 13.2. The molecule has 1 aromatic heterocycles. The van der Waals surface area contributed by atoms with Gasteiger partial charge in [0.1, 0.15) is 23.9 Å². The Labute approximate surface area is 135 Å². The van der Waals surface area contributed by atoms with Crippen LogP contribution < -0.4 is 5.73 Å². The average molecular weight is 338 g/mol. The molecule has 24 heavy (non-hydrogen) atoms. The molecule has 1 aliphatic carbocycles. The van der Waals surface area contributed by atoms with E-state index in [2.05, 4.69) is 5.10 Å². The van der Waals surface area contributed by atoms with Crippen molar-refractivity contribution in [3.05, 3.63) is 40.7 Å². The molecule has 1 aliphatic heterocycles. The summed E-state index contributed by atoms with van der Waals surface area (Å²) < 4.78 is 43.6. The van der Waals surface area contributed by atoms with Crippen LogP contribution in [0.2, 0.25) is 0 Å². The van der Waals surface area contributed by atoms with E-state index in [1.807, 2.05) is 6.07 Å². The molecule has 0 amide bonds. The number of nitrogens with two attached hydrogens (primary N) is 1. The lowest BCUT2D eigenvalue weighted by Crippen LogP contribution is -2.28. The summed E-state index contributed by atoms with van der Waals surface area (Å²) in [6.07, 6.45) is -1.88. The molecule has 0 radical (unpaired) electrons. The number of rotatable bonds is 2. The molecule has 0 unspecified atom stereocenters. The molecule has 1 aromatic rings. The van der Waals surface area contributed by atoms with Gasteiger partial charge in [-0.15, -0.1) is 0 Å². The number of allylic oxidation sites excluding steroid dienone is 3. The maximum atomic E-state index is 12.5. The van der Waals surface area contributed by atoms with E-state index in [-0.39, 0.29) is 28.5 Å². The zero-order chi connectivity index (χ0) is 17.5. The average Bonchev–Trinajstić information content (AvgIpc) is 2.92. The highest BCUT2D eigenvalue weighted by Crippen LogP contribution is 2.42. The van der Waals surface area contributed by atoms with Crippen molar-refractivity contribution in [3.63, 3.8) is 0 Å². The second kappa shape index (κ2) is 5.70. The Morgan fingerprint density at radius 1 is 1.46 bits per heavy atom. The number of halogens is 3. The van der Waals surface area contributed by atoms with Crippen LogP contribution in [0.4, 0.5) is 13.2 Å². The van der Waals surface area contributed by atoms with Crippen LogP contribution in [0.3, 0.4) is 0 Å². The topological polar surface area (TPSA) is 93.9 Å². The van der Waals surface area contributed by atoms with Crippen molar-refractivity contribution in [1.29, 1.82) is 5.26 Å². The molecular weight excluding hydrogens is 325 g/mol. The number of alkyl halides is 3. The minimum absolute atomic E-state index is 0.0127. The Balaban J connectivity index is 2.05. The third-order valence-corrected chi connectivity index (χ3v) is 3.90. The standard InChI is InChI=1S/C15H13F3N4O2/c16-15(17,18)7-22-5-4-9(21-22)12-8(6-19)14(20)24-11-3-1-2-10(23)13(11)12/h4-5,12H,1-3,7,20H2/t12-/m0/s1. The summed E-state index contributed by atoms with van der Waals surface area (Å²) in [5.41, 5.74) is 6.18. The molecule has 0 saturated heterocycles. The van der Waals surface area contributed by atoms with Crippen LogP contribution in [0.25, 0.3) is 0 Å². The first-order valence-electron chi connectivity index (χ1n) is 7.24. The zero-order valence-electron chi connectivity index (χ0n) is 12.4. The highest BCUT2D eigenvalue weighted by molar-refractivity contribution is 5.99. The van der Waals surface area contributed by atoms with Gasteiger partial charge in [-0.25, -0.2) is 0 Å². The van der Waals surface area contributed by atoms with Crippen molar-refractivity contribution in [1.82, 2.24) is 9.78 Å². The van der Waals surface area contributed by atoms with Gasteiger partial charge in [0.25, 0.3) is 0 Å². The van der Waals surface area contributed by atoms with Gasteiger partial charge in [-0.1, -0.05) is 0 Å². The zero-order valence-corrected chi connectivity index (χ0v) is 12.4. The summed E-state index contributed by atoms with van der Waals surface area (Å²) in [4.78, 5) is 12.3. The monoisotopic (exact) mass is 338 g/mol. The Morgan fingerprint density at radius 2 is 2.21 bits per heavy atom. The van der Waals surface area contributed by atoms with E-state index in [9.17, 15) is 23.2 Å². The number of ether oxygens (including phenoxy) is 1. The molecule has 0 bridgehead atoms. The fourth-order valence-electron chi connectivity index (χ4n) is 2.96. The maximum absolute atomic E-state index is 12.5. The third-order valence-electron chi connectivity index (χ3n) is 3.90. The molecule has 126 valence electrons. The van der Waals surface area contributed by atoms with E-state index in [1.165, 1.54) is 6.07 Å². The van der Waals surface area contributed by atoms with Gasteiger partial charge in [-0.3, -0.25) is 9.48 Å². The second-order valence-corrected chi connectivity index (χ2v) is 5.59. The largest absolute Gasteiger partial charge is 0.444 e. The Kier molecular flexibility index (Phi) is 3.83. The highest BCUT2D eigenvalue weighted by atomic mass is 19.4. The van der Waals surface area contributed by atoms with Crippen LogP contribution in [0.1, 0.15) is 30.9 Å². The number of nitrogens with zero attached hydrogens (tertiary/aromatic N) is 3. The van der Waals surface area contributed by atoms with Gasteiger partial charge >= 0.3 is 6.18 Å². The van der Waals surface area contributed by atoms with Crippen LogP contribution in [0.5, 0.6) is 0 Å². The molecule has 0 fully saturated rings. The normalized spacial score (nSPS) is 21.4. The fourth-order valence-corrected chi connectivity index (χ4v) is 2.96. The fraction of sp³-hybridized carbons (Fsp3) is 0.400. The smallest absolute Gasteiger partial charge is 0.408 e. The quantitative estimate of drug-likeness (QED) is 0.893. The van der Waals surface area contributed by atoms with Gasteiger partial charge in [0.2, 0.25) is 5.88 Å². The van der Waals surface area contributed by atoms with E-state index in [1.54, 1.807) is 0 Å². The molecule has 0 aromatic carbocycles. The second-order valence-electron chi connectivity index (χ2n) is 5.59.